The van der Waals surface area contributed by atoms with Gasteiger partial charge >= 0.3 is 0 Å². The maximum absolute atomic E-state index is 14.2. The number of nitrogens with zero attached hydrogens (tertiary/aromatic N) is 2. The summed E-state index contributed by atoms with van der Waals surface area (Å²) < 4.78 is 29.3. The predicted octanol–water partition coefficient (Wildman–Crippen LogP) is 6.59. The number of nitrogens with one attached hydrogen (secondary N) is 1. The lowest BCUT2D eigenvalue weighted by atomic mass is 10.1. The molecule has 1 fully saturated rings. The minimum atomic E-state index is -4.15. The van der Waals surface area contributed by atoms with Crippen LogP contribution in [-0.4, -0.2) is 43.8 Å². The molecule has 1 saturated carbocycles. The summed E-state index contributed by atoms with van der Waals surface area (Å²) in [6.07, 6.45) is 3.88. The van der Waals surface area contributed by atoms with E-state index < -0.39 is 28.5 Å². The van der Waals surface area contributed by atoms with Crippen molar-refractivity contribution in [1.29, 1.82) is 0 Å². The Kier molecular flexibility index (Phi) is 10.2. The van der Waals surface area contributed by atoms with E-state index in [0.717, 1.165) is 41.1 Å². The van der Waals surface area contributed by atoms with Gasteiger partial charge in [0.1, 0.15) is 12.6 Å². The Bertz CT molecular complexity index is 1550. The molecule has 1 aliphatic rings. The number of sulfonamides is 1. The third-order valence-electron chi connectivity index (χ3n) is 7.75. The lowest BCUT2D eigenvalue weighted by Crippen LogP contribution is -2.52. The molecule has 0 radical (unpaired) electrons. The number of anilines is 1. The molecule has 3 aromatic rings. The Morgan fingerprint density at radius 3 is 2.21 bits per heavy atom. The number of rotatable bonds is 10. The van der Waals surface area contributed by atoms with Gasteiger partial charge in [-0.3, -0.25) is 13.9 Å². The van der Waals surface area contributed by atoms with Gasteiger partial charge in [-0.15, -0.1) is 0 Å². The maximum atomic E-state index is 14.2. The first-order valence-corrected chi connectivity index (χ1v) is 16.3. The van der Waals surface area contributed by atoms with E-state index >= 15 is 0 Å². The average Bonchev–Trinajstić information content (AvgIpc) is 3.45. The molecule has 3 aromatic carbocycles. The molecule has 0 heterocycles. The minimum absolute atomic E-state index is 0.000687. The number of carbonyl (C=O) groups excluding carboxylic acids is 2. The zero-order valence-corrected chi connectivity index (χ0v) is 26.7. The van der Waals surface area contributed by atoms with Gasteiger partial charge in [-0.05, 0) is 87.6 Å². The average molecular weight is 631 g/mol. The molecule has 1 N–H and O–H groups in total. The molecule has 1 atom stereocenters. The summed E-state index contributed by atoms with van der Waals surface area (Å²) in [5, 5.41) is 3.86. The van der Waals surface area contributed by atoms with Crippen molar-refractivity contribution in [2.24, 2.45) is 0 Å². The van der Waals surface area contributed by atoms with Gasteiger partial charge in [-0.25, -0.2) is 8.42 Å². The maximum Gasteiger partial charge on any atom is 0.264 e. The third kappa shape index (κ3) is 7.46. The molecular formula is C32H37Cl2N3O4S. The SMILES string of the molecule is Cc1ccc(S(=O)(=O)N(CC(=O)N(Cc2ccc(Cl)cc2Cl)C(C)C(=O)NC2CCCC2)c2cc(C)ccc2C)cc1. The van der Waals surface area contributed by atoms with Crippen LogP contribution in [0.25, 0.3) is 0 Å². The van der Waals surface area contributed by atoms with E-state index in [4.69, 9.17) is 23.2 Å². The van der Waals surface area contributed by atoms with Crippen molar-refractivity contribution in [3.8, 4) is 0 Å². The standard InChI is InChI=1S/C32H37Cl2N3O4S/c1-21-10-15-28(16-11-21)42(40,41)37(30-17-22(2)9-12-23(30)3)20-31(38)36(19-25-13-14-26(33)18-29(25)34)24(4)32(39)35-27-7-5-6-8-27/h9-18,24,27H,5-8,19-20H2,1-4H3,(H,35,39). The highest BCUT2D eigenvalue weighted by Crippen LogP contribution is 2.29. The van der Waals surface area contributed by atoms with Crippen LogP contribution in [0, 0.1) is 20.8 Å². The zero-order valence-electron chi connectivity index (χ0n) is 24.4. The molecule has 4 rings (SSSR count). The van der Waals surface area contributed by atoms with E-state index in [2.05, 4.69) is 5.32 Å². The predicted molar refractivity (Wildman–Crippen MR) is 168 cm³/mol. The number of halogens is 2. The van der Waals surface area contributed by atoms with E-state index in [1.807, 2.05) is 26.0 Å². The molecule has 7 nitrogen and oxygen atoms in total. The van der Waals surface area contributed by atoms with Gasteiger partial charge in [0.05, 0.1) is 10.6 Å². The molecule has 0 saturated heterocycles. The van der Waals surface area contributed by atoms with Gasteiger partial charge in [0.15, 0.2) is 0 Å². The second-order valence-electron chi connectivity index (χ2n) is 11.0. The monoisotopic (exact) mass is 629 g/mol. The highest BCUT2D eigenvalue weighted by atomic mass is 35.5. The van der Waals surface area contributed by atoms with Crippen molar-refractivity contribution < 1.29 is 18.0 Å². The molecule has 42 heavy (non-hydrogen) atoms. The second-order valence-corrected chi connectivity index (χ2v) is 13.7. The van der Waals surface area contributed by atoms with Crippen LogP contribution in [0.5, 0.6) is 0 Å². The molecule has 0 aliphatic heterocycles. The molecular weight excluding hydrogens is 593 g/mol. The normalized spacial score (nSPS) is 14.4. The fourth-order valence-electron chi connectivity index (χ4n) is 5.15. The molecule has 0 aromatic heterocycles. The third-order valence-corrected chi connectivity index (χ3v) is 10.1. The van der Waals surface area contributed by atoms with Crippen molar-refractivity contribution >= 4 is 50.7 Å². The smallest absolute Gasteiger partial charge is 0.264 e. The van der Waals surface area contributed by atoms with Crippen LogP contribution in [0.2, 0.25) is 10.0 Å². The number of benzene rings is 3. The van der Waals surface area contributed by atoms with Crippen LogP contribution in [-0.2, 0) is 26.2 Å². The number of hydrogen-bond donors (Lipinski definition) is 1. The molecule has 2 amide bonds. The number of hydrogen-bond acceptors (Lipinski definition) is 4. The van der Waals surface area contributed by atoms with Gasteiger partial charge in [0, 0.05) is 22.6 Å². The Morgan fingerprint density at radius 1 is 0.929 bits per heavy atom. The second kappa shape index (κ2) is 13.5. The number of carbonyl (C=O) groups is 2. The lowest BCUT2D eigenvalue weighted by Gasteiger charge is -2.33. The van der Waals surface area contributed by atoms with E-state index in [1.54, 1.807) is 50.2 Å². The molecule has 1 aliphatic carbocycles. The Hall–Kier alpha value is -3.07. The fraction of sp³-hybridized carbons (Fsp3) is 0.375. The van der Waals surface area contributed by atoms with E-state index in [1.165, 1.54) is 17.0 Å². The van der Waals surface area contributed by atoms with Crippen molar-refractivity contribution in [1.82, 2.24) is 10.2 Å². The van der Waals surface area contributed by atoms with Crippen LogP contribution in [0.3, 0.4) is 0 Å². The lowest BCUT2D eigenvalue weighted by molar-refractivity contribution is -0.139. The molecule has 0 bridgehead atoms. The van der Waals surface area contributed by atoms with Gasteiger partial charge in [0.25, 0.3) is 10.0 Å². The van der Waals surface area contributed by atoms with Crippen LogP contribution in [0.15, 0.2) is 65.6 Å². The summed E-state index contributed by atoms with van der Waals surface area (Å²) in [7, 11) is -4.15. The largest absolute Gasteiger partial charge is 0.352 e. The first-order valence-electron chi connectivity index (χ1n) is 14.1. The summed E-state index contributed by atoms with van der Waals surface area (Å²) in [6.45, 7) is 6.69. The van der Waals surface area contributed by atoms with Crippen molar-refractivity contribution in [2.45, 2.75) is 76.9 Å². The number of amides is 2. The highest BCUT2D eigenvalue weighted by molar-refractivity contribution is 7.92. The van der Waals surface area contributed by atoms with Crippen LogP contribution >= 0.6 is 23.2 Å². The Morgan fingerprint density at radius 2 is 1.57 bits per heavy atom. The molecule has 0 spiro atoms. The van der Waals surface area contributed by atoms with E-state index in [9.17, 15) is 18.0 Å². The van der Waals surface area contributed by atoms with Crippen molar-refractivity contribution in [2.75, 3.05) is 10.8 Å². The van der Waals surface area contributed by atoms with E-state index in [0.29, 0.717) is 26.9 Å². The first kappa shape index (κ1) is 31.9. The molecule has 10 heteroatoms. The molecule has 224 valence electrons. The Balaban J connectivity index is 1.73. The first-order chi connectivity index (χ1) is 19.9. The fourth-order valence-corrected chi connectivity index (χ4v) is 7.09. The Labute approximate surface area is 258 Å². The summed E-state index contributed by atoms with van der Waals surface area (Å²) in [6, 6.07) is 16.1. The topological polar surface area (TPSA) is 86.8 Å². The summed E-state index contributed by atoms with van der Waals surface area (Å²) in [5.74, 6) is -0.827. The van der Waals surface area contributed by atoms with Gasteiger partial charge in [0.2, 0.25) is 11.8 Å². The zero-order chi connectivity index (χ0) is 30.6. The summed E-state index contributed by atoms with van der Waals surface area (Å²) >= 11 is 12.6. The van der Waals surface area contributed by atoms with E-state index in [-0.39, 0.29) is 23.4 Å². The quantitative estimate of drug-likeness (QED) is 0.274. The van der Waals surface area contributed by atoms with Crippen LogP contribution < -0.4 is 9.62 Å². The van der Waals surface area contributed by atoms with Gasteiger partial charge in [-0.2, -0.15) is 0 Å². The summed E-state index contributed by atoms with van der Waals surface area (Å²) in [4.78, 5) is 29.0. The van der Waals surface area contributed by atoms with Crippen molar-refractivity contribution in [3.63, 3.8) is 0 Å². The molecule has 1 unspecified atom stereocenters. The van der Waals surface area contributed by atoms with Crippen molar-refractivity contribution in [3.05, 3.63) is 93.0 Å². The minimum Gasteiger partial charge on any atom is -0.352 e. The van der Waals surface area contributed by atoms with Crippen LogP contribution in [0.4, 0.5) is 5.69 Å². The van der Waals surface area contributed by atoms with Gasteiger partial charge < -0.3 is 10.2 Å². The number of aryl methyl sites for hydroxylation is 3. The summed E-state index contributed by atoms with van der Waals surface area (Å²) in [5.41, 5.74) is 3.45. The van der Waals surface area contributed by atoms with Gasteiger partial charge in [-0.1, -0.05) is 71.9 Å². The van der Waals surface area contributed by atoms with Crippen LogP contribution in [0.1, 0.15) is 54.9 Å². The highest BCUT2D eigenvalue weighted by Gasteiger charge is 2.34.